The molecule has 4 saturated heterocycles. The lowest BCUT2D eigenvalue weighted by Gasteiger charge is -2.38. The van der Waals surface area contributed by atoms with Gasteiger partial charge in [0.05, 0.1) is 13.2 Å². The third-order valence-electron chi connectivity index (χ3n) is 11.5. The molecule has 0 bridgehead atoms. The van der Waals surface area contributed by atoms with Gasteiger partial charge in [-0.1, -0.05) is 133 Å². The molecule has 0 saturated carbocycles. The first-order valence-corrected chi connectivity index (χ1v) is 26.6. The van der Waals surface area contributed by atoms with Crippen LogP contribution in [0.2, 0.25) is 0 Å². The van der Waals surface area contributed by atoms with Gasteiger partial charge in [-0.15, -0.1) is 0 Å². The Kier molecular flexibility index (Phi) is 40.4. The average Bonchev–Trinajstić information content (AvgIpc) is 4.10. The van der Waals surface area contributed by atoms with E-state index in [1.54, 1.807) is 26.0 Å². The van der Waals surface area contributed by atoms with Crippen molar-refractivity contribution < 1.29 is 42.9 Å². The summed E-state index contributed by atoms with van der Waals surface area (Å²) < 4.78 is 19.7. The number of ketones is 2. The van der Waals surface area contributed by atoms with Gasteiger partial charge >= 0.3 is 11.9 Å². The maximum absolute atomic E-state index is 11.8. The fourth-order valence-corrected chi connectivity index (χ4v) is 8.69. The fraction of sp³-hybridized carbons (Fsp3) is 0.603. The van der Waals surface area contributed by atoms with Crippen molar-refractivity contribution in [1.29, 1.82) is 0 Å². The van der Waals surface area contributed by atoms with Gasteiger partial charge in [-0.25, -0.2) is 0 Å². The van der Waals surface area contributed by atoms with Crippen LogP contribution in [0.3, 0.4) is 0 Å². The smallest absolute Gasteiger partial charge is 0.313 e. The van der Waals surface area contributed by atoms with E-state index in [-0.39, 0.29) is 32.3 Å². The Morgan fingerprint density at radius 1 is 0.600 bits per heavy atom. The quantitative estimate of drug-likeness (QED) is 0.0628. The van der Waals surface area contributed by atoms with E-state index in [0.717, 1.165) is 43.7 Å². The van der Waals surface area contributed by atoms with Crippen LogP contribution in [0.1, 0.15) is 186 Å². The topological polar surface area (TPSA) is 155 Å². The second-order valence-electron chi connectivity index (χ2n) is 16.1. The van der Waals surface area contributed by atoms with Crippen molar-refractivity contribution in [3.63, 3.8) is 0 Å². The van der Waals surface area contributed by atoms with Gasteiger partial charge in [0.25, 0.3) is 0 Å². The highest BCUT2D eigenvalue weighted by atomic mass is 16.7. The monoisotopic (exact) mass is 976 g/mol. The number of piperidine rings is 2. The largest absolute Gasteiger partial charge is 0.466 e. The van der Waals surface area contributed by atoms with E-state index >= 15 is 0 Å². The molecule has 12 nitrogen and oxygen atoms in total. The zero-order chi connectivity index (χ0) is 52.4. The maximum atomic E-state index is 11.8. The third kappa shape index (κ3) is 27.1. The molecule has 7 rings (SSSR count). The molecule has 12 heteroatoms. The number of nitrogens with zero attached hydrogens (tertiary/aromatic N) is 2. The first kappa shape index (κ1) is 65.4. The molecular weight excluding hydrogens is 883 g/mol. The third-order valence-corrected chi connectivity index (χ3v) is 11.5. The minimum absolute atomic E-state index is 0.0476. The lowest BCUT2D eigenvalue weighted by atomic mass is 9.91. The van der Waals surface area contributed by atoms with Crippen molar-refractivity contribution in [2.24, 2.45) is 5.73 Å². The summed E-state index contributed by atoms with van der Waals surface area (Å²) in [6.07, 6.45) is 12.9. The van der Waals surface area contributed by atoms with Crippen LogP contribution in [0, 0.1) is 0 Å². The number of rotatable bonds is 16. The molecule has 4 aliphatic rings. The first-order valence-electron chi connectivity index (χ1n) is 26.6. The Labute approximate surface area is 423 Å². The summed E-state index contributed by atoms with van der Waals surface area (Å²) in [5, 5.41) is 0. The number of esters is 2. The van der Waals surface area contributed by atoms with E-state index < -0.39 is 17.7 Å². The Morgan fingerprint density at radius 2 is 1.04 bits per heavy atom. The summed E-state index contributed by atoms with van der Waals surface area (Å²) in [5.74, 6) is -1.26. The molecule has 3 aromatic carbocycles. The van der Waals surface area contributed by atoms with Gasteiger partial charge in [-0.05, 0) is 116 Å². The first-order chi connectivity index (χ1) is 34.2. The van der Waals surface area contributed by atoms with Crippen LogP contribution in [-0.4, -0.2) is 104 Å². The summed E-state index contributed by atoms with van der Waals surface area (Å²) in [4.78, 5) is 59.7. The van der Waals surface area contributed by atoms with Crippen LogP contribution in [-0.2, 0) is 38.1 Å². The normalized spacial score (nSPS) is 18.5. The molecule has 3 aromatic rings. The summed E-state index contributed by atoms with van der Waals surface area (Å²) in [6, 6.07) is 33.1. The van der Waals surface area contributed by atoms with Crippen LogP contribution in [0.25, 0.3) is 0 Å². The number of benzene rings is 3. The number of carbonyl (C=O) groups excluding carboxylic acids is 5. The van der Waals surface area contributed by atoms with Gasteiger partial charge in [0.2, 0.25) is 0 Å². The SMILES string of the molecule is CC.CC.CC.CCOC(=O)CC(=O)CC(=O)OCC.CCOC(CCCN)OCC.O=C1CC2CCCN2C(c2ccccc2)C1.O=Cc1ccccc1.c1ccc(C2CCCC3CCCN32)cc1. The number of ether oxygens (including phenoxy) is 4. The molecule has 70 heavy (non-hydrogen) atoms. The van der Waals surface area contributed by atoms with E-state index in [9.17, 15) is 24.0 Å². The number of fused-ring (bicyclic) bond motifs is 2. The highest BCUT2D eigenvalue weighted by Gasteiger charge is 2.38. The number of Topliss-reactive ketones (excluding diaryl/α,β-unsaturated/α-hetero) is 2. The van der Waals surface area contributed by atoms with Crippen LogP contribution >= 0.6 is 0 Å². The zero-order valence-corrected chi connectivity index (χ0v) is 44.9. The number of carbonyl (C=O) groups is 5. The van der Waals surface area contributed by atoms with Crippen LogP contribution in [0.15, 0.2) is 91.0 Å². The Hall–Kier alpha value is -4.59. The number of hydrogen-bond donors (Lipinski definition) is 1. The minimum Gasteiger partial charge on any atom is -0.466 e. The Bertz CT molecular complexity index is 1720. The van der Waals surface area contributed by atoms with Crippen molar-refractivity contribution >= 4 is 29.8 Å². The number of nitrogens with two attached hydrogens (primary N) is 1. The zero-order valence-electron chi connectivity index (χ0n) is 44.9. The molecule has 4 aliphatic heterocycles. The van der Waals surface area contributed by atoms with Gasteiger partial charge < -0.3 is 24.7 Å². The highest BCUT2D eigenvalue weighted by molar-refractivity contribution is 6.03. The van der Waals surface area contributed by atoms with Crippen LogP contribution < -0.4 is 5.73 Å². The van der Waals surface area contributed by atoms with E-state index in [2.05, 4.69) is 73.9 Å². The summed E-state index contributed by atoms with van der Waals surface area (Å²) in [5.41, 5.74) is 8.93. The van der Waals surface area contributed by atoms with Gasteiger partial charge in [0.15, 0.2) is 12.1 Å². The molecule has 4 atom stereocenters. The van der Waals surface area contributed by atoms with Crippen LogP contribution in [0.4, 0.5) is 0 Å². The van der Waals surface area contributed by atoms with Crippen molar-refractivity contribution in [3.8, 4) is 0 Å². The Morgan fingerprint density at radius 3 is 1.49 bits per heavy atom. The maximum Gasteiger partial charge on any atom is 0.313 e. The lowest BCUT2D eigenvalue weighted by Crippen LogP contribution is -2.40. The molecule has 394 valence electrons. The minimum atomic E-state index is -0.609. The lowest BCUT2D eigenvalue weighted by molar-refractivity contribution is -0.148. The van der Waals surface area contributed by atoms with Crippen molar-refractivity contribution in [2.75, 3.05) is 46.1 Å². The van der Waals surface area contributed by atoms with Crippen molar-refractivity contribution in [3.05, 3.63) is 108 Å². The van der Waals surface area contributed by atoms with Crippen molar-refractivity contribution in [1.82, 2.24) is 9.80 Å². The van der Waals surface area contributed by atoms with E-state index in [4.69, 9.17) is 15.2 Å². The molecule has 0 amide bonds. The molecule has 2 N–H and O–H groups in total. The van der Waals surface area contributed by atoms with E-state index in [1.807, 2.05) is 79.7 Å². The average molecular weight is 976 g/mol. The molecule has 0 spiro atoms. The Balaban J connectivity index is 0.000000840. The van der Waals surface area contributed by atoms with Gasteiger partial charge in [-0.3, -0.25) is 33.8 Å². The predicted molar refractivity (Wildman–Crippen MR) is 285 cm³/mol. The summed E-state index contributed by atoms with van der Waals surface area (Å²) in [6.45, 7) is 24.3. The molecule has 0 aromatic heterocycles. The number of hydrogen-bond acceptors (Lipinski definition) is 12. The van der Waals surface area contributed by atoms with E-state index in [0.29, 0.717) is 50.1 Å². The molecule has 0 radical (unpaired) electrons. The van der Waals surface area contributed by atoms with E-state index in [1.165, 1.54) is 62.6 Å². The van der Waals surface area contributed by atoms with Gasteiger partial charge in [0, 0.05) is 55.8 Å². The molecule has 4 fully saturated rings. The second kappa shape index (κ2) is 43.2. The summed E-state index contributed by atoms with van der Waals surface area (Å²) in [7, 11) is 0. The molecule has 0 aliphatic carbocycles. The standard InChI is InChI=1S/C14H17NO.C14H19N.C9H14O5.C8H19NO2.C7H6O.3C2H6/c16-13-9-12-7-4-8-15(12)14(10-13)11-5-2-1-3-6-11;1-2-6-12(7-3-1)14-10-4-8-13-9-5-11-15(13)14;1-3-13-8(11)5-7(10)6-9(12)14-4-2;1-3-10-8(11-4-2)6-5-7-9;8-6-7-4-2-1-3-5-7;3*1-2/h1-3,5-6,12,14H,4,7-10H2;1-3,6-7,13-14H,4-5,8-11H2;3-6H2,1-2H3;8H,3-7,9H2,1-2H3;1-6H;3*1-2H3. The predicted octanol–water partition coefficient (Wildman–Crippen LogP) is 12.1. The summed E-state index contributed by atoms with van der Waals surface area (Å²) >= 11 is 0. The molecule has 4 unspecified atom stereocenters. The second-order valence-corrected chi connectivity index (χ2v) is 16.1. The molecular formula is C58H93N3O9. The van der Waals surface area contributed by atoms with Crippen LogP contribution in [0.5, 0.6) is 0 Å². The van der Waals surface area contributed by atoms with Crippen molar-refractivity contribution in [2.45, 2.75) is 183 Å². The molecule has 4 heterocycles. The fourth-order valence-electron chi connectivity index (χ4n) is 8.69. The number of aldehydes is 1. The van der Waals surface area contributed by atoms with Gasteiger partial charge in [0.1, 0.15) is 24.9 Å². The van der Waals surface area contributed by atoms with Gasteiger partial charge in [-0.2, -0.15) is 0 Å². The highest BCUT2D eigenvalue weighted by Crippen LogP contribution is 2.39.